The minimum atomic E-state index is 1.19. The first-order chi connectivity index (χ1) is 25.3. The Labute approximate surface area is 291 Å². The zero-order valence-electron chi connectivity index (χ0n) is 27.4. The van der Waals surface area contributed by atoms with Crippen LogP contribution < -0.4 is 0 Å². The number of nitrogens with zero attached hydrogens (tertiary/aromatic N) is 3. The number of benzene rings is 9. The van der Waals surface area contributed by atoms with Crippen LogP contribution in [0.15, 0.2) is 164 Å². The molecule has 0 radical (unpaired) electrons. The number of aromatic nitrogens is 3. The van der Waals surface area contributed by atoms with E-state index in [4.69, 9.17) is 0 Å². The van der Waals surface area contributed by atoms with Gasteiger partial charge in [0.25, 0.3) is 0 Å². The highest BCUT2D eigenvalue weighted by molar-refractivity contribution is 6.38. The van der Waals surface area contributed by atoms with Crippen molar-refractivity contribution in [1.29, 1.82) is 0 Å². The molecule has 0 aliphatic heterocycles. The second-order valence-corrected chi connectivity index (χ2v) is 14.1. The van der Waals surface area contributed by atoms with Crippen LogP contribution >= 0.6 is 0 Å². The first kappa shape index (κ1) is 26.1. The quantitative estimate of drug-likeness (QED) is 0.166. The Morgan fingerprint density at radius 1 is 0.255 bits per heavy atom. The van der Waals surface area contributed by atoms with Crippen molar-refractivity contribution in [3.63, 3.8) is 0 Å². The molecule has 0 atom stereocenters. The molecule has 0 N–H and O–H groups in total. The summed E-state index contributed by atoms with van der Waals surface area (Å²) in [5, 5.41) is 15.7. The highest BCUT2D eigenvalue weighted by Gasteiger charge is 2.24. The van der Waals surface area contributed by atoms with Gasteiger partial charge in [-0.25, -0.2) is 0 Å². The van der Waals surface area contributed by atoms with Crippen molar-refractivity contribution in [2.24, 2.45) is 0 Å². The van der Waals surface area contributed by atoms with Gasteiger partial charge in [0, 0.05) is 54.5 Å². The zero-order chi connectivity index (χ0) is 32.9. The summed E-state index contributed by atoms with van der Waals surface area (Å²) in [5.74, 6) is 0. The van der Waals surface area contributed by atoms with Crippen LogP contribution in [0.25, 0.3) is 115 Å². The highest BCUT2D eigenvalue weighted by atomic mass is 15.0. The van der Waals surface area contributed by atoms with Gasteiger partial charge in [-0.2, -0.15) is 0 Å². The maximum atomic E-state index is 2.53. The molecule has 4 heterocycles. The van der Waals surface area contributed by atoms with Crippen molar-refractivity contribution < 1.29 is 0 Å². The lowest BCUT2D eigenvalue weighted by Crippen LogP contribution is -1.94. The maximum absolute atomic E-state index is 2.53. The van der Waals surface area contributed by atoms with Crippen molar-refractivity contribution in [2.45, 2.75) is 0 Å². The third-order valence-electron chi connectivity index (χ3n) is 11.7. The van der Waals surface area contributed by atoms with Gasteiger partial charge in [0.2, 0.25) is 0 Å². The molecule has 51 heavy (non-hydrogen) atoms. The van der Waals surface area contributed by atoms with Crippen molar-refractivity contribution in [2.75, 3.05) is 0 Å². The molecule has 0 spiro atoms. The third-order valence-corrected chi connectivity index (χ3v) is 11.7. The van der Waals surface area contributed by atoms with Crippen molar-refractivity contribution in [3.05, 3.63) is 164 Å². The van der Waals surface area contributed by atoms with Crippen LogP contribution in [0.1, 0.15) is 0 Å². The third kappa shape index (κ3) is 3.08. The summed E-state index contributed by atoms with van der Waals surface area (Å²) in [6.07, 6.45) is 0. The minimum Gasteiger partial charge on any atom is -0.309 e. The van der Waals surface area contributed by atoms with Gasteiger partial charge in [0.15, 0.2) is 0 Å². The molecule has 9 aromatic carbocycles. The Morgan fingerprint density at radius 3 is 1.31 bits per heavy atom. The fourth-order valence-corrected chi connectivity index (χ4v) is 9.71. The summed E-state index contributed by atoms with van der Waals surface area (Å²) >= 11 is 0. The Kier molecular flexibility index (Phi) is 4.62. The van der Waals surface area contributed by atoms with Crippen molar-refractivity contribution in [1.82, 2.24) is 13.5 Å². The normalized spacial score (nSPS) is 12.7. The molecule has 0 aliphatic carbocycles. The van der Waals surface area contributed by atoms with Crippen LogP contribution in [0.5, 0.6) is 0 Å². The summed E-state index contributed by atoms with van der Waals surface area (Å²) in [6, 6.07) is 60.8. The van der Waals surface area contributed by atoms with Gasteiger partial charge in [-0.1, -0.05) is 103 Å². The van der Waals surface area contributed by atoms with Crippen LogP contribution in [-0.2, 0) is 0 Å². The van der Waals surface area contributed by atoms with E-state index < -0.39 is 0 Å². The first-order valence-corrected chi connectivity index (χ1v) is 17.7. The molecule has 234 valence electrons. The molecule has 0 fully saturated rings. The predicted molar refractivity (Wildman–Crippen MR) is 216 cm³/mol. The van der Waals surface area contributed by atoms with Crippen LogP contribution in [0.3, 0.4) is 0 Å². The summed E-state index contributed by atoms with van der Waals surface area (Å²) in [5.41, 5.74) is 11.1. The SMILES string of the molecule is c1ccc2c(c1)c1ccccc1n2-c1ccc2c(c1)c1ccc3c4cc(-n5c6ccccc6c6ccccc65)ccc4n4c5cccc2c5c1c34. The molecule has 0 saturated carbocycles. The summed E-state index contributed by atoms with van der Waals surface area (Å²) in [4.78, 5) is 0. The number of hydrogen-bond donors (Lipinski definition) is 0. The van der Waals surface area contributed by atoms with E-state index in [0.717, 1.165) is 0 Å². The number of hydrogen-bond acceptors (Lipinski definition) is 0. The van der Waals surface area contributed by atoms with Crippen LogP contribution in [0.4, 0.5) is 0 Å². The van der Waals surface area contributed by atoms with Gasteiger partial charge in [-0.3, -0.25) is 0 Å². The van der Waals surface area contributed by atoms with E-state index in [1.165, 1.54) is 115 Å². The monoisotopic (exact) mass is 645 g/mol. The van der Waals surface area contributed by atoms with Crippen molar-refractivity contribution >= 4 is 103 Å². The van der Waals surface area contributed by atoms with Crippen LogP contribution in [-0.4, -0.2) is 13.5 Å². The molecule has 4 aromatic heterocycles. The van der Waals surface area contributed by atoms with Crippen molar-refractivity contribution in [3.8, 4) is 11.4 Å². The Balaban J connectivity index is 1.13. The zero-order valence-corrected chi connectivity index (χ0v) is 27.4. The van der Waals surface area contributed by atoms with Gasteiger partial charge in [-0.05, 0) is 82.2 Å². The Morgan fingerprint density at radius 2 is 0.706 bits per heavy atom. The lowest BCUT2D eigenvalue weighted by atomic mass is 9.93. The van der Waals surface area contributed by atoms with Gasteiger partial charge < -0.3 is 13.5 Å². The minimum absolute atomic E-state index is 1.19. The maximum Gasteiger partial charge on any atom is 0.0627 e. The topological polar surface area (TPSA) is 14.3 Å². The molecule has 0 saturated heterocycles. The second kappa shape index (κ2) is 9.03. The van der Waals surface area contributed by atoms with Crippen LogP contribution in [0.2, 0.25) is 0 Å². The van der Waals surface area contributed by atoms with E-state index in [-0.39, 0.29) is 0 Å². The average molecular weight is 646 g/mol. The van der Waals surface area contributed by atoms with Gasteiger partial charge in [0.1, 0.15) is 0 Å². The van der Waals surface area contributed by atoms with E-state index in [1.54, 1.807) is 0 Å². The van der Waals surface area contributed by atoms with Gasteiger partial charge >= 0.3 is 0 Å². The summed E-state index contributed by atoms with van der Waals surface area (Å²) in [7, 11) is 0. The Hall–Kier alpha value is -6.84. The predicted octanol–water partition coefficient (Wildman–Crippen LogP) is 12.8. The Bertz CT molecular complexity index is 3480. The molecular formula is C48H27N3. The highest BCUT2D eigenvalue weighted by Crippen LogP contribution is 2.48. The first-order valence-electron chi connectivity index (χ1n) is 17.7. The number of para-hydroxylation sites is 4. The average Bonchev–Trinajstić information content (AvgIpc) is 3.92. The molecule has 0 aliphatic rings. The van der Waals surface area contributed by atoms with Crippen LogP contribution in [0, 0.1) is 0 Å². The molecule has 0 unspecified atom stereocenters. The fourth-order valence-electron chi connectivity index (χ4n) is 9.71. The lowest BCUT2D eigenvalue weighted by molar-refractivity contribution is 1.18. The fraction of sp³-hybridized carbons (Fsp3) is 0. The van der Waals surface area contributed by atoms with E-state index in [1.807, 2.05) is 0 Å². The van der Waals surface area contributed by atoms with Gasteiger partial charge in [0.05, 0.1) is 38.6 Å². The van der Waals surface area contributed by atoms with E-state index in [9.17, 15) is 0 Å². The second-order valence-electron chi connectivity index (χ2n) is 14.1. The smallest absolute Gasteiger partial charge is 0.0627 e. The summed E-state index contributed by atoms with van der Waals surface area (Å²) in [6.45, 7) is 0. The molecule has 13 aromatic rings. The van der Waals surface area contributed by atoms with E-state index in [2.05, 4.69) is 177 Å². The number of fused-ring (bicyclic) bond motifs is 13. The standard InChI is InChI=1S/C48H27N3/c1-5-15-40-31(10-1)32-11-2-6-16-41(32)49(40)28-20-22-30-35-14-9-19-45-46(35)47-36(38(30)26-28)23-24-37-39-27-29(21-25-44(39)51(45)48(37)47)50-42-17-7-3-12-33(42)34-13-4-8-18-43(34)50/h1-27H. The van der Waals surface area contributed by atoms with Gasteiger partial charge in [-0.15, -0.1) is 0 Å². The van der Waals surface area contributed by atoms with E-state index >= 15 is 0 Å². The molecule has 0 bridgehead atoms. The number of rotatable bonds is 2. The molecule has 3 heteroatoms. The largest absolute Gasteiger partial charge is 0.309 e. The molecule has 3 nitrogen and oxygen atoms in total. The molecule has 0 amide bonds. The summed E-state index contributed by atoms with van der Waals surface area (Å²) < 4.78 is 7.38. The lowest BCUT2D eigenvalue weighted by Gasteiger charge is -2.13. The van der Waals surface area contributed by atoms with E-state index in [0.29, 0.717) is 0 Å². The molecular weight excluding hydrogens is 619 g/mol. The molecule has 13 rings (SSSR count).